The van der Waals surface area contributed by atoms with E-state index in [0.717, 1.165) is 6.42 Å². The Balaban J connectivity index is 1.48. The number of rotatable bonds is 6. The molecule has 0 amide bonds. The van der Waals surface area contributed by atoms with Gasteiger partial charge in [-0.3, -0.25) is 13.6 Å². The van der Waals surface area contributed by atoms with Crippen LogP contribution in [0.15, 0.2) is 6.33 Å². The van der Waals surface area contributed by atoms with Crippen LogP contribution >= 0.6 is 19.4 Å². The first kappa shape index (κ1) is 26.3. The summed E-state index contributed by atoms with van der Waals surface area (Å²) in [6.45, 7) is 14.8. The Labute approximate surface area is 216 Å². The van der Waals surface area contributed by atoms with Crippen LogP contribution in [0.4, 0.5) is 5.82 Å². The van der Waals surface area contributed by atoms with E-state index >= 15 is 0 Å². The first-order chi connectivity index (χ1) is 16.4. The second-order valence-corrected chi connectivity index (χ2v) is 14.2. The molecule has 3 heterocycles. The maximum Gasteiger partial charge on any atom is 0.475 e. The molecule has 1 aliphatic heterocycles. The van der Waals surface area contributed by atoms with Gasteiger partial charge < -0.3 is 19.8 Å². The van der Waals surface area contributed by atoms with Crippen molar-refractivity contribution in [2.24, 2.45) is 11.3 Å². The van der Waals surface area contributed by atoms with E-state index in [1.807, 2.05) is 60.0 Å². The molecule has 1 saturated heterocycles. The van der Waals surface area contributed by atoms with E-state index in [4.69, 9.17) is 40.4 Å². The predicted molar refractivity (Wildman–Crippen MR) is 133 cm³/mol. The Hall–Kier alpha value is -1.33. The number of imidazole rings is 1. The second kappa shape index (κ2) is 8.09. The lowest BCUT2D eigenvalue weighted by atomic mass is 10.0. The number of nitrogen functional groups attached to an aromatic ring is 1. The molecule has 2 aromatic rings. The zero-order valence-corrected chi connectivity index (χ0v) is 23.6. The van der Waals surface area contributed by atoms with Gasteiger partial charge in [0, 0.05) is 5.41 Å². The number of nitrogens with two attached hydrogens (primary N) is 1. The highest BCUT2D eigenvalue weighted by molar-refractivity contribution is 7.48. The second-order valence-electron chi connectivity index (χ2n) is 12.4. The monoisotopic (exact) mass is 543 g/mol. The Morgan fingerprint density at radius 1 is 1.17 bits per heavy atom. The van der Waals surface area contributed by atoms with Gasteiger partial charge in [0.2, 0.25) is 5.28 Å². The highest BCUT2D eigenvalue weighted by atomic mass is 35.5. The summed E-state index contributed by atoms with van der Waals surface area (Å²) in [5, 5.41) is 0.0465. The third-order valence-corrected chi connectivity index (χ3v) is 8.78. The van der Waals surface area contributed by atoms with E-state index in [-0.39, 0.29) is 41.9 Å². The van der Waals surface area contributed by atoms with Crippen LogP contribution in [0.2, 0.25) is 5.28 Å². The number of fused-ring (bicyclic) bond motifs is 4. The predicted octanol–water partition coefficient (Wildman–Crippen LogP) is 4.90. The molecule has 2 aliphatic carbocycles. The van der Waals surface area contributed by atoms with E-state index in [1.54, 1.807) is 6.33 Å². The normalized spacial score (nSPS) is 31.6. The lowest BCUT2D eigenvalue weighted by Gasteiger charge is -2.32. The molecular formula is C23H35ClN5O6P. The van der Waals surface area contributed by atoms with Crippen LogP contribution in [0.5, 0.6) is 0 Å². The zero-order chi connectivity index (χ0) is 26.5. The molecule has 0 spiro atoms. The van der Waals surface area contributed by atoms with Crippen molar-refractivity contribution in [2.45, 2.75) is 97.0 Å². The fourth-order valence-corrected chi connectivity index (χ4v) is 7.58. The summed E-state index contributed by atoms with van der Waals surface area (Å²) in [4.78, 5) is 12.8. The largest absolute Gasteiger partial charge is 0.475 e. The molecule has 0 radical (unpaired) electrons. The quantitative estimate of drug-likeness (QED) is 0.396. The number of phosphoric acid groups is 1. The third-order valence-electron chi connectivity index (χ3n) is 6.63. The van der Waals surface area contributed by atoms with Gasteiger partial charge in [-0.2, -0.15) is 9.97 Å². The number of phosphoric ester groups is 1. The van der Waals surface area contributed by atoms with Crippen LogP contribution in [-0.4, -0.2) is 55.3 Å². The van der Waals surface area contributed by atoms with Crippen LogP contribution in [0, 0.1) is 11.3 Å². The number of ether oxygens (including phenoxy) is 2. The molecule has 2 aromatic heterocycles. The number of aromatic nitrogens is 4. The summed E-state index contributed by atoms with van der Waals surface area (Å²) in [7, 11) is -3.90. The smallest absolute Gasteiger partial charge is 0.382 e. The van der Waals surface area contributed by atoms with Crippen molar-refractivity contribution in [1.82, 2.24) is 19.5 Å². The average molecular weight is 544 g/mol. The molecule has 11 nitrogen and oxygen atoms in total. The van der Waals surface area contributed by atoms with Crippen LogP contribution in [-0.2, 0) is 27.6 Å². The summed E-state index contributed by atoms with van der Waals surface area (Å²) in [6.07, 6.45) is 1.86. The van der Waals surface area contributed by atoms with Crippen LogP contribution in [0.3, 0.4) is 0 Å². The first-order valence-electron chi connectivity index (χ1n) is 12.1. The SMILES string of the molecule is CC(C)(C)OP(=O)(OC[C@@]12C[C@@H]1[C@@H](n1cnc3c(N)nc(Cl)nc31)[C@@H]1OC(C)(C)O[C@@H]12)OC(C)(C)C. The minimum Gasteiger partial charge on any atom is -0.382 e. The number of hydrogen-bond donors (Lipinski definition) is 1. The van der Waals surface area contributed by atoms with Crippen LogP contribution in [0.25, 0.3) is 11.2 Å². The summed E-state index contributed by atoms with van der Waals surface area (Å²) in [5.74, 6) is -0.495. The maximum absolute atomic E-state index is 13.7. The molecule has 0 unspecified atom stereocenters. The summed E-state index contributed by atoms with van der Waals surface area (Å²) < 4.78 is 46.2. The molecule has 36 heavy (non-hydrogen) atoms. The molecule has 2 N–H and O–H groups in total. The van der Waals surface area contributed by atoms with Gasteiger partial charge in [0.25, 0.3) is 0 Å². The van der Waals surface area contributed by atoms with Crippen molar-refractivity contribution < 1.29 is 27.6 Å². The maximum atomic E-state index is 13.7. The van der Waals surface area contributed by atoms with Crippen molar-refractivity contribution in [3.63, 3.8) is 0 Å². The molecule has 2 saturated carbocycles. The number of halogens is 1. The van der Waals surface area contributed by atoms with Crippen LogP contribution in [0.1, 0.15) is 67.9 Å². The van der Waals surface area contributed by atoms with Gasteiger partial charge in [0.05, 0.1) is 36.3 Å². The highest BCUT2D eigenvalue weighted by Gasteiger charge is 2.76. The topological polar surface area (TPSA) is 133 Å². The summed E-state index contributed by atoms with van der Waals surface area (Å²) in [5.41, 5.74) is 5.15. The van der Waals surface area contributed by atoms with Gasteiger partial charge in [0.1, 0.15) is 11.6 Å². The Morgan fingerprint density at radius 3 is 2.42 bits per heavy atom. The molecule has 5 rings (SSSR count). The van der Waals surface area contributed by atoms with Crippen molar-refractivity contribution >= 4 is 36.4 Å². The lowest BCUT2D eigenvalue weighted by Crippen LogP contribution is -2.34. The lowest BCUT2D eigenvalue weighted by molar-refractivity contribution is -0.163. The van der Waals surface area contributed by atoms with Crippen molar-refractivity contribution in [3.8, 4) is 0 Å². The minimum absolute atomic E-state index is 0.0465. The molecular weight excluding hydrogens is 509 g/mol. The van der Waals surface area contributed by atoms with Gasteiger partial charge in [-0.15, -0.1) is 0 Å². The molecule has 3 aliphatic rings. The standard InChI is InChI=1S/C23H35ClN5O6P/c1-20(2,3)34-36(30,35-21(4,5)6)31-10-23-9-12(23)14(15-16(23)33-22(7,8)32-15)29-11-26-13-17(25)27-19(24)28-18(13)29/h11-12,14-16H,9-10H2,1-8H3,(H2,25,27,28)/t12-,14-,15+,16+,23+/m1/s1. The molecule has 5 atom stereocenters. The Kier molecular flexibility index (Phi) is 5.90. The molecule has 0 aromatic carbocycles. The van der Waals surface area contributed by atoms with E-state index in [1.165, 1.54) is 0 Å². The average Bonchev–Trinajstić information content (AvgIpc) is 2.93. The van der Waals surface area contributed by atoms with Crippen LogP contribution < -0.4 is 5.73 Å². The molecule has 200 valence electrons. The van der Waals surface area contributed by atoms with Crippen molar-refractivity contribution in [1.29, 1.82) is 0 Å². The van der Waals surface area contributed by atoms with E-state index in [2.05, 4.69) is 15.0 Å². The Bertz CT molecular complexity index is 1220. The first-order valence-corrected chi connectivity index (χ1v) is 13.9. The van der Waals surface area contributed by atoms with Gasteiger partial charge in [-0.25, -0.2) is 9.55 Å². The minimum atomic E-state index is -3.90. The zero-order valence-electron chi connectivity index (χ0n) is 21.9. The summed E-state index contributed by atoms with van der Waals surface area (Å²) >= 11 is 6.12. The molecule has 0 bridgehead atoms. The van der Waals surface area contributed by atoms with Gasteiger partial charge in [-0.1, -0.05) is 0 Å². The number of nitrogens with zero attached hydrogens (tertiary/aromatic N) is 4. The summed E-state index contributed by atoms with van der Waals surface area (Å²) in [6, 6.07) is -0.165. The van der Waals surface area contributed by atoms with E-state index < -0.39 is 30.2 Å². The van der Waals surface area contributed by atoms with Crippen molar-refractivity contribution in [2.75, 3.05) is 12.3 Å². The Morgan fingerprint density at radius 2 is 1.81 bits per heavy atom. The fourth-order valence-electron chi connectivity index (χ4n) is 5.52. The van der Waals surface area contributed by atoms with Crippen molar-refractivity contribution in [3.05, 3.63) is 11.6 Å². The molecule has 13 heteroatoms. The van der Waals surface area contributed by atoms with Gasteiger partial charge in [-0.05, 0) is 79.3 Å². The molecule has 3 fully saturated rings. The number of anilines is 1. The van der Waals surface area contributed by atoms with E-state index in [0.29, 0.717) is 11.2 Å². The van der Waals surface area contributed by atoms with Gasteiger partial charge >= 0.3 is 7.82 Å². The van der Waals surface area contributed by atoms with Gasteiger partial charge in [0.15, 0.2) is 17.3 Å². The third kappa shape index (κ3) is 4.68. The van der Waals surface area contributed by atoms with E-state index in [9.17, 15) is 4.57 Å². The highest BCUT2D eigenvalue weighted by Crippen LogP contribution is 2.73. The fraction of sp³-hybridized carbons (Fsp3) is 0.783. The number of hydrogen-bond acceptors (Lipinski definition) is 10.